The number of nitrogens with one attached hydrogen (secondary N) is 1. The lowest BCUT2D eigenvalue weighted by molar-refractivity contribution is 0.0563. The molecule has 2 rings (SSSR count). The highest BCUT2D eigenvalue weighted by Gasteiger charge is 2.35. The summed E-state index contributed by atoms with van der Waals surface area (Å²) in [6.07, 6.45) is 6.56. The zero-order chi connectivity index (χ0) is 14.6. The molecule has 1 aliphatic carbocycles. The van der Waals surface area contributed by atoms with E-state index in [0.717, 1.165) is 12.1 Å². The average molecular weight is 280 g/mol. The number of nitrogens with zero attached hydrogens (tertiary/aromatic N) is 1. The Hall–Kier alpha value is -1.33. The van der Waals surface area contributed by atoms with Crippen molar-refractivity contribution in [1.29, 1.82) is 0 Å². The first-order chi connectivity index (χ1) is 9.59. The maximum Gasteiger partial charge on any atom is 0.374 e. The molecular weight excluding hydrogens is 256 g/mol. The highest BCUT2D eigenvalue weighted by molar-refractivity contribution is 5.87. The number of rotatable bonds is 6. The molecule has 0 aromatic carbocycles. The quantitative estimate of drug-likeness (QED) is 0.808. The van der Waals surface area contributed by atoms with Crippen LogP contribution in [-0.4, -0.2) is 44.2 Å². The minimum atomic E-state index is -0.421. The van der Waals surface area contributed by atoms with Gasteiger partial charge >= 0.3 is 5.97 Å². The van der Waals surface area contributed by atoms with Gasteiger partial charge in [-0.2, -0.15) is 0 Å². The van der Waals surface area contributed by atoms with Crippen LogP contribution < -0.4 is 5.32 Å². The van der Waals surface area contributed by atoms with E-state index >= 15 is 0 Å². The summed E-state index contributed by atoms with van der Waals surface area (Å²) in [5.41, 5.74) is 1.10. The van der Waals surface area contributed by atoms with Crippen LogP contribution >= 0.6 is 0 Å². The zero-order valence-electron chi connectivity index (χ0n) is 12.6. The second-order valence-electron chi connectivity index (χ2n) is 5.70. The fourth-order valence-electron chi connectivity index (χ4n) is 2.99. The van der Waals surface area contributed by atoms with Crippen LogP contribution in [0.1, 0.15) is 41.8 Å². The molecule has 5 heteroatoms. The lowest BCUT2D eigenvalue weighted by Gasteiger charge is -2.36. The summed E-state index contributed by atoms with van der Waals surface area (Å²) < 4.78 is 9.89. The van der Waals surface area contributed by atoms with Crippen LogP contribution in [0.4, 0.5) is 0 Å². The monoisotopic (exact) mass is 280 g/mol. The first kappa shape index (κ1) is 15.1. The van der Waals surface area contributed by atoms with Gasteiger partial charge in [-0.1, -0.05) is 12.8 Å². The number of ether oxygens (including phenoxy) is 1. The summed E-state index contributed by atoms with van der Waals surface area (Å²) in [4.78, 5) is 13.9. The van der Waals surface area contributed by atoms with E-state index in [1.165, 1.54) is 39.1 Å². The third-order valence-electron chi connectivity index (χ3n) is 4.37. The topological polar surface area (TPSA) is 54.7 Å². The van der Waals surface area contributed by atoms with E-state index in [9.17, 15) is 4.79 Å². The van der Waals surface area contributed by atoms with Crippen LogP contribution in [0.5, 0.6) is 0 Å². The van der Waals surface area contributed by atoms with Crippen molar-refractivity contribution >= 4 is 5.97 Å². The Balaban J connectivity index is 1.93. The summed E-state index contributed by atoms with van der Waals surface area (Å²) in [7, 11) is 5.65. The van der Waals surface area contributed by atoms with Gasteiger partial charge in [0.2, 0.25) is 5.76 Å². The molecule has 0 saturated heterocycles. The van der Waals surface area contributed by atoms with E-state index in [-0.39, 0.29) is 5.54 Å². The number of hydrogen-bond acceptors (Lipinski definition) is 5. The maximum atomic E-state index is 11.5. The summed E-state index contributed by atoms with van der Waals surface area (Å²) in [6.45, 7) is 1.54. The predicted molar refractivity (Wildman–Crippen MR) is 76.6 cm³/mol. The van der Waals surface area contributed by atoms with Gasteiger partial charge in [0, 0.05) is 24.2 Å². The van der Waals surface area contributed by atoms with Crippen LogP contribution in [0.3, 0.4) is 0 Å². The molecule has 1 fully saturated rings. The van der Waals surface area contributed by atoms with Crippen LogP contribution in [0.2, 0.25) is 0 Å². The van der Waals surface area contributed by atoms with Gasteiger partial charge in [-0.05, 0) is 33.0 Å². The Morgan fingerprint density at radius 2 is 2.15 bits per heavy atom. The second-order valence-corrected chi connectivity index (χ2v) is 5.70. The van der Waals surface area contributed by atoms with Gasteiger partial charge in [0.05, 0.1) is 13.4 Å². The van der Waals surface area contributed by atoms with Gasteiger partial charge < -0.3 is 19.4 Å². The van der Waals surface area contributed by atoms with Crippen molar-refractivity contribution < 1.29 is 13.9 Å². The number of hydrogen-bond donors (Lipinski definition) is 1. The fraction of sp³-hybridized carbons (Fsp3) is 0.667. The molecule has 0 spiro atoms. The summed E-state index contributed by atoms with van der Waals surface area (Å²) >= 11 is 0. The lowest BCUT2D eigenvalue weighted by Crippen LogP contribution is -2.49. The molecule has 1 heterocycles. The Kier molecular flexibility index (Phi) is 4.83. The molecule has 0 amide bonds. The van der Waals surface area contributed by atoms with Crippen molar-refractivity contribution in [3.05, 3.63) is 23.7 Å². The molecule has 1 aliphatic rings. The van der Waals surface area contributed by atoms with Crippen molar-refractivity contribution in [2.75, 3.05) is 27.7 Å². The molecule has 20 heavy (non-hydrogen) atoms. The number of esters is 1. The minimum Gasteiger partial charge on any atom is -0.463 e. The third kappa shape index (κ3) is 3.04. The number of likely N-dealkylation sites (N-methyl/N-ethyl adjacent to an activating group) is 1. The normalized spacial score (nSPS) is 17.6. The standard InChI is InChI=1S/C15H24N2O3/c1-17(2)15(7-4-5-8-15)11-16-10-12-6-9-20-13(12)14(18)19-3/h6,9,16H,4-5,7-8,10-11H2,1-3H3. The first-order valence-electron chi connectivity index (χ1n) is 7.12. The molecule has 0 atom stereocenters. The molecule has 1 saturated carbocycles. The van der Waals surface area contributed by atoms with E-state index in [0.29, 0.717) is 12.3 Å². The molecular formula is C15H24N2O3. The van der Waals surface area contributed by atoms with Crippen LogP contribution in [0.25, 0.3) is 0 Å². The second kappa shape index (κ2) is 6.41. The Morgan fingerprint density at radius 3 is 2.75 bits per heavy atom. The van der Waals surface area contributed by atoms with Crippen molar-refractivity contribution in [3.8, 4) is 0 Å². The van der Waals surface area contributed by atoms with Crippen molar-refractivity contribution in [3.63, 3.8) is 0 Å². The van der Waals surface area contributed by atoms with Crippen molar-refractivity contribution in [1.82, 2.24) is 10.2 Å². The van der Waals surface area contributed by atoms with E-state index in [2.05, 4.69) is 24.3 Å². The molecule has 112 valence electrons. The van der Waals surface area contributed by atoms with E-state index in [4.69, 9.17) is 9.15 Å². The van der Waals surface area contributed by atoms with Gasteiger partial charge in [0.15, 0.2) is 0 Å². The number of carbonyl (C=O) groups is 1. The minimum absolute atomic E-state index is 0.245. The van der Waals surface area contributed by atoms with Crippen molar-refractivity contribution in [2.24, 2.45) is 0 Å². The molecule has 0 aliphatic heterocycles. The Morgan fingerprint density at radius 1 is 1.45 bits per heavy atom. The highest BCUT2D eigenvalue weighted by Crippen LogP contribution is 2.33. The SMILES string of the molecule is COC(=O)c1occc1CNCC1(N(C)C)CCCC1. The van der Waals surface area contributed by atoms with E-state index < -0.39 is 5.97 Å². The van der Waals surface area contributed by atoms with E-state index in [1.807, 2.05) is 6.07 Å². The van der Waals surface area contributed by atoms with Gasteiger partial charge in [0.25, 0.3) is 0 Å². The summed E-state index contributed by atoms with van der Waals surface area (Å²) in [5.74, 6) is -0.125. The summed E-state index contributed by atoms with van der Waals surface area (Å²) in [6, 6.07) is 1.82. The van der Waals surface area contributed by atoms with Crippen LogP contribution in [0.15, 0.2) is 16.7 Å². The molecule has 1 aromatic rings. The molecule has 0 unspecified atom stereocenters. The van der Waals surface area contributed by atoms with E-state index in [1.54, 1.807) is 0 Å². The van der Waals surface area contributed by atoms with Crippen LogP contribution in [-0.2, 0) is 11.3 Å². The number of methoxy groups -OCH3 is 1. The molecule has 0 radical (unpaired) electrons. The average Bonchev–Trinajstić information content (AvgIpc) is 3.07. The number of furan rings is 1. The highest BCUT2D eigenvalue weighted by atomic mass is 16.5. The smallest absolute Gasteiger partial charge is 0.374 e. The Bertz CT molecular complexity index is 448. The van der Waals surface area contributed by atoms with Gasteiger partial charge in [0.1, 0.15) is 0 Å². The molecule has 5 nitrogen and oxygen atoms in total. The van der Waals surface area contributed by atoms with Crippen molar-refractivity contribution in [2.45, 2.75) is 37.8 Å². The maximum absolute atomic E-state index is 11.5. The van der Waals surface area contributed by atoms with Gasteiger partial charge in [-0.25, -0.2) is 4.79 Å². The lowest BCUT2D eigenvalue weighted by atomic mass is 9.96. The van der Waals surface area contributed by atoms with Gasteiger partial charge in [-0.3, -0.25) is 0 Å². The zero-order valence-corrected chi connectivity index (χ0v) is 12.6. The Labute approximate surface area is 120 Å². The fourth-order valence-corrected chi connectivity index (χ4v) is 2.99. The molecule has 0 bridgehead atoms. The third-order valence-corrected chi connectivity index (χ3v) is 4.37. The number of carbonyl (C=O) groups excluding carboxylic acids is 1. The largest absolute Gasteiger partial charge is 0.463 e. The predicted octanol–water partition coefficient (Wildman–Crippen LogP) is 2.03. The first-order valence-corrected chi connectivity index (χ1v) is 7.12. The molecule has 1 aromatic heterocycles. The van der Waals surface area contributed by atoms with Gasteiger partial charge in [-0.15, -0.1) is 0 Å². The van der Waals surface area contributed by atoms with Crippen LogP contribution in [0, 0.1) is 0 Å². The molecule has 1 N–H and O–H groups in total. The summed E-state index contributed by atoms with van der Waals surface area (Å²) in [5, 5.41) is 3.46.